The minimum absolute atomic E-state index is 0.0941. The first-order chi connectivity index (χ1) is 19.3. The molecule has 2 fully saturated rings. The monoisotopic (exact) mass is 572 g/mol. The molecule has 2 atom stereocenters. The van der Waals surface area contributed by atoms with Crippen molar-refractivity contribution in [3.8, 4) is 22.8 Å². The quantitative estimate of drug-likeness (QED) is 0.217. The molecular formula is C31H32F4N2O4. The number of nitrogens with one attached hydrogen (secondary N) is 1. The van der Waals surface area contributed by atoms with Crippen LogP contribution in [-0.4, -0.2) is 41.8 Å². The summed E-state index contributed by atoms with van der Waals surface area (Å²) in [5.41, 5.74) is -3.11. The molecule has 2 aliphatic rings. The number of rotatable bonds is 10. The van der Waals surface area contributed by atoms with Gasteiger partial charge in [0.05, 0.1) is 24.6 Å². The lowest BCUT2D eigenvalue weighted by atomic mass is 9.80. The molecule has 5 rings (SSSR count). The molecule has 218 valence electrons. The maximum absolute atomic E-state index is 14.6. The Morgan fingerprint density at radius 2 is 1.85 bits per heavy atom. The van der Waals surface area contributed by atoms with Crippen LogP contribution >= 0.6 is 0 Å². The van der Waals surface area contributed by atoms with E-state index in [2.05, 4.69) is 10.3 Å². The van der Waals surface area contributed by atoms with Crippen molar-refractivity contribution in [2.45, 2.75) is 69.4 Å². The summed E-state index contributed by atoms with van der Waals surface area (Å²) in [6, 6.07) is 11.5. The normalized spacial score (nSPS) is 20.2. The van der Waals surface area contributed by atoms with E-state index in [4.69, 9.17) is 9.47 Å². The van der Waals surface area contributed by atoms with Crippen LogP contribution in [0.3, 0.4) is 0 Å². The number of nitrogens with zero attached hydrogens (tertiary/aromatic N) is 1. The van der Waals surface area contributed by atoms with Crippen molar-refractivity contribution >= 4 is 5.78 Å². The fourth-order valence-electron chi connectivity index (χ4n) is 4.92. The first-order valence-corrected chi connectivity index (χ1v) is 13.5. The summed E-state index contributed by atoms with van der Waals surface area (Å²) < 4.78 is 68.9. The lowest BCUT2D eigenvalue weighted by molar-refractivity contribution is -0.270. The van der Waals surface area contributed by atoms with Gasteiger partial charge in [-0.1, -0.05) is 0 Å². The number of ether oxygens (including phenoxy) is 2. The Hall–Kier alpha value is -3.50. The largest absolute Gasteiger partial charge is 0.493 e. The standard InChI is InChI=1S/C31H32F4N2O4/c1-18-14-19(4-8-23(18)32)24-16-21(29(2)12-13-36-29)17-28(37-24)30(39,31(33,34)35)11-10-25(38)20-5-9-26(27(15-20)40-3)41-22-6-7-22/h4-5,8-9,14-17,22,36,39H,6-7,10-13H2,1-3H3. The number of aliphatic hydroxyl groups is 1. The SMILES string of the molecule is COc1cc(C(=O)CCC(O)(c2cc(C3(C)CCN3)cc(-c3ccc(F)c(C)c3)n2)C(F)(F)F)ccc1OC1CC1. The molecule has 0 radical (unpaired) electrons. The van der Waals surface area contributed by atoms with Crippen molar-refractivity contribution in [3.63, 3.8) is 0 Å². The number of pyridine rings is 1. The third kappa shape index (κ3) is 5.81. The van der Waals surface area contributed by atoms with Gasteiger partial charge in [0.15, 0.2) is 17.3 Å². The van der Waals surface area contributed by atoms with E-state index in [9.17, 15) is 27.5 Å². The van der Waals surface area contributed by atoms with E-state index in [1.54, 1.807) is 19.1 Å². The Kier molecular flexibility index (Phi) is 7.59. The molecule has 2 unspecified atom stereocenters. The Morgan fingerprint density at radius 1 is 1.12 bits per heavy atom. The Morgan fingerprint density at radius 3 is 2.44 bits per heavy atom. The molecule has 1 aromatic heterocycles. The van der Waals surface area contributed by atoms with Gasteiger partial charge in [-0.2, -0.15) is 13.2 Å². The molecule has 0 spiro atoms. The summed E-state index contributed by atoms with van der Waals surface area (Å²) >= 11 is 0. The van der Waals surface area contributed by atoms with Gasteiger partial charge in [-0.25, -0.2) is 9.37 Å². The van der Waals surface area contributed by atoms with Crippen molar-refractivity contribution in [1.29, 1.82) is 0 Å². The number of benzene rings is 2. The van der Waals surface area contributed by atoms with Crippen molar-refractivity contribution in [2.24, 2.45) is 0 Å². The molecule has 10 heteroatoms. The third-order valence-corrected chi connectivity index (χ3v) is 7.97. The van der Waals surface area contributed by atoms with E-state index in [1.807, 2.05) is 6.92 Å². The van der Waals surface area contributed by atoms with E-state index >= 15 is 0 Å². The zero-order chi connectivity index (χ0) is 29.6. The second-order valence-electron chi connectivity index (χ2n) is 11.1. The first-order valence-electron chi connectivity index (χ1n) is 13.5. The number of aromatic nitrogens is 1. The van der Waals surface area contributed by atoms with Gasteiger partial charge in [-0.3, -0.25) is 4.79 Å². The Balaban J connectivity index is 1.48. The molecule has 1 aliphatic carbocycles. The van der Waals surface area contributed by atoms with Crippen molar-refractivity contribution in [3.05, 3.63) is 76.7 Å². The fourth-order valence-corrected chi connectivity index (χ4v) is 4.92. The highest BCUT2D eigenvalue weighted by molar-refractivity contribution is 5.96. The number of methoxy groups -OCH3 is 1. The van der Waals surface area contributed by atoms with Crippen LogP contribution in [0.1, 0.15) is 66.2 Å². The molecule has 0 amide bonds. The number of hydrogen-bond donors (Lipinski definition) is 2. The summed E-state index contributed by atoms with van der Waals surface area (Å²) in [4.78, 5) is 17.3. The Labute approximate surface area is 235 Å². The number of carbonyl (C=O) groups is 1. The van der Waals surface area contributed by atoms with E-state index < -0.39 is 47.5 Å². The summed E-state index contributed by atoms with van der Waals surface area (Å²) in [5.74, 6) is -0.279. The van der Waals surface area contributed by atoms with Crippen LogP contribution < -0.4 is 14.8 Å². The van der Waals surface area contributed by atoms with Crippen LogP contribution in [0.4, 0.5) is 17.6 Å². The highest BCUT2D eigenvalue weighted by Crippen LogP contribution is 2.45. The van der Waals surface area contributed by atoms with E-state index in [0.717, 1.165) is 12.8 Å². The predicted molar refractivity (Wildman–Crippen MR) is 144 cm³/mol. The van der Waals surface area contributed by atoms with E-state index in [0.29, 0.717) is 41.2 Å². The molecule has 1 aliphatic heterocycles. The van der Waals surface area contributed by atoms with Gasteiger partial charge in [-0.15, -0.1) is 0 Å². The number of alkyl halides is 3. The number of Topliss-reactive ketones (excluding diaryl/α,β-unsaturated/α-hetero) is 1. The highest BCUT2D eigenvalue weighted by atomic mass is 19.4. The molecule has 2 heterocycles. The summed E-state index contributed by atoms with van der Waals surface area (Å²) in [5, 5.41) is 14.5. The minimum Gasteiger partial charge on any atom is -0.493 e. The van der Waals surface area contributed by atoms with Gasteiger partial charge in [0, 0.05) is 23.1 Å². The van der Waals surface area contributed by atoms with E-state index in [-0.39, 0.29) is 17.4 Å². The van der Waals surface area contributed by atoms with Gasteiger partial charge >= 0.3 is 6.18 Å². The van der Waals surface area contributed by atoms with Crippen LogP contribution in [0.25, 0.3) is 11.3 Å². The number of hydrogen-bond acceptors (Lipinski definition) is 6. The smallest absolute Gasteiger partial charge is 0.422 e. The van der Waals surface area contributed by atoms with Gasteiger partial charge in [0.25, 0.3) is 0 Å². The molecule has 0 bridgehead atoms. The molecule has 2 N–H and O–H groups in total. The molecule has 3 aromatic rings. The minimum atomic E-state index is -5.14. The van der Waals surface area contributed by atoms with Crippen LogP contribution in [0.2, 0.25) is 0 Å². The van der Waals surface area contributed by atoms with E-state index in [1.165, 1.54) is 43.5 Å². The van der Waals surface area contributed by atoms with Crippen molar-refractivity contribution < 1.29 is 36.9 Å². The van der Waals surface area contributed by atoms with Gasteiger partial charge < -0.3 is 19.9 Å². The summed E-state index contributed by atoms with van der Waals surface area (Å²) in [7, 11) is 1.42. The lowest BCUT2D eigenvalue weighted by Gasteiger charge is -2.41. The fraction of sp³-hybridized carbons (Fsp3) is 0.419. The number of carbonyl (C=O) groups excluding carboxylic acids is 1. The maximum atomic E-state index is 14.6. The average Bonchev–Trinajstić information content (AvgIpc) is 3.75. The van der Waals surface area contributed by atoms with Crippen LogP contribution in [0.15, 0.2) is 48.5 Å². The summed E-state index contributed by atoms with van der Waals surface area (Å²) in [6.07, 6.45) is -4.07. The third-order valence-electron chi connectivity index (χ3n) is 7.97. The topological polar surface area (TPSA) is 80.7 Å². The predicted octanol–water partition coefficient (Wildman–Crippen LogP) is 6.37. The van der Waals surface area contributed by atoms with Crippen molar-refractivity contribution in [1.82, 2.24) is 10.3 Å². The number of ketones is 1. The molecule has 41 heavy (non-hydrogen) atoms. The number of halogens is 4. The second-order valence-corrected chi connectivity index (χ2v) is 11.1. The van der Waals surface area contributed by atoms with Crippen molar-refractivity contribution in [2.75, 3.05) is 13.7 Å². The Bertz CT molecular complexity index is 1470. The van der Waals surface area contributed by atoms with Crippen LogP contribution in [0, 0.1) is 12.7 Å². The molecule has 1 saturated heterocycles. The molecule has 1 saturated carbocycles. The van der Waals surface area contributed by atoms with Crippen LogP contribution in [0.5, 0.6) is 11.5 Å². The number of aryl methyl sites for hydroxylation is 1. The summed E-state index contributed by atoms with van der Waals surface area (Å²) in [6.45, 7) is 4.09. The maximum Gasteiger partial charge on any atom is 0.422 e. The van der Waals surface area contributed by atoms with Crippen LogP contribution in [-0.2, 0) is 11.1 Å². The van der Waals surface area contributed by atoms with Gasteiger partial charge in [-0.05, 0) is 106 Å². The van der Waals surface area contributed by atoms with Gasteiger partial charge in [0.2, 0.25) is 5.60 Å². The molecule has 2 aromatic carbocycles. The first kappa shape index (κ1) is 29.0. The molecule has 6 nitrogen and oxygen atoms in total. The average molecular weight is 573 g/mol. The highest BCUT2D eigenvalue weighted by Gasteiger charge is 2.56. The lowest BCUT2D eigenvalue weighted by Crippen LogP contribution is -2.52. The van der Waals surface area contributed by atoms with Gasteiger partial charge in [0.1, 0.15) is 5.82 Å². The molecular weight excluding hydrogens is 540 g/mol. The second kappa shape index (κ2) is 10.7. The zero-order valence-electron chi connectivity index (χ0n) is 23.1. The zero-order valence-corrected chi connectivity index (χ0v) is 23.1.